The molecule has 200 valence electrons. The van der Waals surface area contributed by atoms with Crippen LogP contribution in [0.1, 0.15) is 24.1 Å². The van der Waals surface area contributed by atoms with E-state index in [0.717, 1.165) is 30.5 Å². The molecule has 9 nitrogen and oxygen atoms in total. The number of pyridine rings is 2. The van der Waals surface area contributed by atoms with Crippen molar-refractivity contribution in [3.8, 4) is 5.75 Å². The van der Waals surface area contributed by atoms with Crippen LogP contribution in [0.4, 0.5) is 38.1 Å². The third-order valence-electron chi connectivity index (χ3n) is 5.73. The van der Waals surface area contributed by atoms with Gasteiger partial charge in [-0.1, -0.05) is 6.07 Å². The summed E-state index contributed by atoms with van der Waals surface area (Å²) in [5, 5.41) is 7.06. The highest BCUT2D eigenvalue weighted by atomic mass is 19.4. The predicted octanol–water partition coefficient (Wildman–Crippen LogP) is 3.76. The Morgan fingerprint density at radius 3 is 2.50 bits per heavy atom. The molecule has 1 aliphatic carbocycles. The number of carbonyl (C=O) groups excluding carboxylic acids is 2. The third kappa shape index (κ3) is 5.90. The summed E-state index contributed by atoms with van der Waals surface area (Å²) >= 11 is 0. The molecule has 0 atom stereocenters. The van der Waals surface area contributed by atoms with Gasteiger partial charge < -0.3 is 25.3 Å². The standard InChI is InChI=1S/C24H20F5N5O4/c1-34-8-5-14(10-19(34)35)38-22(37)33-23(6-7-23)21(36)31-12-18-17(26)9-13(11-30-18)32-20-15(24(27,28)29)3-2-4-16(20)25/h2-5,8-11,32H,6-7,12H2,1H3,(H,31,36)(H,33,37). The molecule has 0 bridgehead atoms. The zero-order valence-corrected chi connectivity index (χ0v) is 19.7. The summed E-state index contributed by atoms with van der Waals surface area (Å²) in [5.41, 5.74) is -4.33. The molecule has 1 saturated carbocycles. The second-order valence-corrected chi connectivity index (χ2v) is 8.53. The second-order valence-electron chi connectivity index (χ2n) is 8.53. The molecular formula is C24H20F5N5O4. The van der Waals surface area contributed by atoms with Gasteiger partial charge in [0.15, 0.2) is 0 Å². The largest absolute Gasteiger partial charge is 0.418 e. The topological polar surface area (TPSA) is 114 Å². The molecule has 2 heterocycles. The number of nitrogens with zero attached hydrogens (tertiary/aromatic N) is 2. The minimum absolute atomic E-state index is 0.0143. The van der Waals surface area contributed by atoms with Gasteiger partial charge in [-0.25, -0.2) is 13.6 Å². The van der Waals surface area contributed by atoms with Crippen molar-refractivity contribution >= 4 is 23.4 Å². The number of anilines is 2. The van der Waals surface area contributed by atoms with E-state index >= 15 is 0 Å². The lowest BCUT2D eigenvalue weighted by atomic mass is 10.1. The Morgan fingerprint density at radius 1 is 1.13 bits per heavy atom. The van der Waals surface area contributed by atoms with Crippen LogP contribution in [0.25, 0.3) is 0 Å². The summed E-state index contributed by atoms with van der Waals surface area (Å²) in [5.74, 6) is -2.81. The molecule has 0 spiro atoms. The Kier molecular flexibility index (Phi) is 7.07. The van der Waals surface area contributed by atoms with Crippen molar-refractivity contribution in [1.82, 2.24) is 20.2 Å². The van der Waals surface area contributed by atoms with Gasteiger partial charge in [-0.2, -0.15) is 13.2 Å². The predicted molar refractivity (Wildman–Crippen MR) is 124 cm³/mol. The van der Waals surface area contributed by atoms with Gasteiger partial charge in [0.25, 0.3) is 5.56 Å². The van der Waals surface area contributed by atoms with Crippen LogP contribution >= 0.6 is 0 Å². The minimum Gasteiger partial charge on any atom is -0.410 e. The molecule has 1 aromatic carbocycles. The van der Waals surface area contributed by atoms with Crippen LogP contribution in [0.2, 0.25) is 0 Å². The highest BCUT2D eigenvalue weighted by Gasteiger charge is 2.51. The number of rotatable bonds is 7. The summed E-state index contributed by atoms with van der Waals surface area (Å²) in [6.45, 7) is -0.397. The number of amides is 2. The molecule has 3 N–H and O–H groups in total. The lowest BCUT2D eigenvalue weighted by molar-refractivity contribution is -0.137. The highest BCUT2D eigenvalue weighted by Crippen LogP contribution is 2.38. The van der Waals surface area contributed by atoms with Crippen molar-refractivity contribution < 1.29 is 36.3 Å². The van der Waals surface area contributed by atoms with Crippen LogP contribution in [0, 0.1) is 11.6 Å². The maximum Gasteiger partial charge on any atom is 0.418 e. The number of ether oxygens (including phenoxy) is 1. The van der Waals surface area contributed by atoms with Crippen LogP contribution in [0.15, 0.2) is 53.6 Å². The van der Waals surface area contributed by atoms with E-state index in [1.807, 2.05) is 0 Å². The van der Waals surface area contributed by atoms with E-state index in [1.54, 1.807) is 0 Å². The van der Waals surface area contributed by atoms with Crippen molar-refractivity contribution in [2.75, 3.05) is 5.32 Å². The molecule has 0 aliphatic heterocycles. The summed E-state index contributed by atoms with van der Waals surface area (Å²) in [6.07, 6.45) is -2.85. The summed E-state index contributed by atoms with van der Waals surface area (Å²) in [4.78, 5) is 40.3. The number of hydrogen-bond acceptors (Lipinski definition) is 6. The number of aryl methyl sites for hydroxylation is 1. The van der Waals surface area contributed by atoms with E-state index < -0.39 is 58.7 Å². The van der Waals surface area contributed by atoms with Crippen molar-refractivity contribution in [2.24, 2.45) is 7.05 Å². The van der Waals surface area contributed by atoms with Crippen LogP contribution in [0.3, 0.4) is 0 Å². The van der Waals surface area contributed by atoms with Gasteiger partial charge >= 0.3 is 12.3 Å². The number of nitrogens with one attached hydrogen (secondary N) is 3. The van der Waals surface area contributed by atoms with E-state index in [9.17, 15) is 36.3 Å². The summed E-state index contributed by atoms with van der Waals surface area (Å²) in [6, 6.07) is 5.71. The van der Waals surface area contributed by atoms with Crippen molar-refractivity contribution in [2.45, 2.75) is 31.1 Å². The first-order valence-electron chi connectivity index (χ1n) is 11.1. The van der Waals surface area contributed by atoms with Gasteiger partial charge in [-0.15, -0.1) is 0 Å². The molecule has 2 amide bonds. The molecule has 2 aromatic heterocycles. The molecule has 4 rings (SSSR count). The van der Waals surface area contributed by atoms with E-state index in [2.05, 4.69) is 20.9 Å². The molecule has 1 aliphatic rings. The average Bonchev–Trinajstić information content (AvgIpc) is 3.61. The number of carbonyl (C=O) groups is 2. The second kappa shape index (κ2) is 10.1. The maximum absolute atomic E-state index is 14.6. The molecule has 0 unspecified atom stereocenters. The quantitative estimate of drug-likeness (QED) is 0.396. The number of halogens is 5. The van der Waals surface area contributed by atoms with E-state index in [0.29, 0.717) is 6.07 Å². The number of aromatic nitrogens is 2. The van der Waals surface area contributed by atoms with Gasteiger partial charge in [0.05, 0.1) is 35.4 Å². The van der Waals surface area contributed by atoms with Crippen LogP contribution in [-0.4, -0.2) is 27.1 Å². The number of alkyl halides is 3. The molecule has 0 radical (unpaired) electrons. The zero-order chi connectivity index (χ0) is 27.7. The third-order valence-corrected chi connectivity index (χ3v) is 5.73. The number of para-hydroxylation sites is 1. The molecule has 0 saturated heterocycles. The normalized spacial score (nSPS) is 13.9. The fourth-order valence-corrected chi connectivity index (χ4v) is 3.49. The lowest BCUT2D eigenvalue weighted by Gasteiger charge is -2.17. The first kappa shape index (κ1) is 26.6. The van der Waals surface area contributed by atoms with Gasteiger partial charge in [-0.05, 0) is 31.0 Å². The van der Waals surface area contributed by atoms with E-state index in [1.165, 1.54) is 23.9 Å². The maximum atomic E-state index is 14.6. The Morgan fingerprint density at radius 2 is 1.87 bits per heavy atom. The van der Waals surface area contributed by atoms with E-state index in [-0.39, 0.29) is 30.0 Å². The minimum atomic E-state index is -4.85. The van der Waals surface area contributed by atoms with Crippen LogP contribution < -0.4 is 26.2 Å². The van der Waals surface area contributed by atoms with Crippen LogP contribution in [-0.2, 0) is 24.6 Å². The Hall–Kier alpha value is -4.49. The molecule has 3 aromatic rings. The molecule has 1 fully saturated rings. The monoisotopic (exact) mass is 537 g/mol. The molecule has 38 heavy (non-hydrogen) atoms. The fourth-order valence-electron chi connectivity index (χ4n) is 3.49. The average molecular weight is 537 g/mol. The Bertz CT molecular complexity index is 1450. The first-order chi connectivity index (χ1) is 17.9. The van der Waals surface area contributed by atoms with Crippen molar-refractivity contribution in [3.63, 3.8) is 0 Å². The van der Waals surface area contributed by atoms with Gasteiger partial charge in [-0.3, -0.25) is 14.6 Å². The lowest BCUT2D eigenvalue weighted by Crippen LogP contribution is -2.49. The summed E-state index contributed by atoms with van der Waals surface area (Å²) < 4.78 is 74.5. The smallest absolute Gasteiger partial charge is 0.410 e. The van der Waals surface area contributed by atoms with Gasteiger partial charge in [0.2, 0.25) is 5.91 Å². The number of hydrogen-bond donors (Lipinski definition) is 3. The number of benzene rings is 1. The van der Waals surface area contributed by atoms with Gasteiger partial charge in [0.1, 0.15) is 22.9 Å². The zero-order valence-electron chi connectivity index (χ0n) is 19.7. The summed E-state index contributed by atoms with van der Waals surface area (Å²) in [7, 11) is 1.52. The SMILES string of the molecule is Cn1ccc(OC(=O)NC2(C(=O)NCc3ncc(Nc4c(F)cccc4C(F)(F)F)cc3F)CC2)cc1=O. The Labute approximate surface area is 211 Å². The molecule has 14 heteroatoms. The highest BCUT2D eigenvalue weighted by molar-refractivity contribution is 5.93. The van der Waals surface area contributed by atoms with Gasteiger partial charge in [0, 0.05) is 25.4 Å². The van der Waals surface area contributed by atoms with E-state index in [4.69, 9.17) is 4.74 Å². The van der Waals surface area contributed by atoms with Crippen molar-refractivity contribution in [3.05, 3.63) is 82.0 Å². The van der Waals surface area contributed by atoms with Crippen LogP contribution in [0.5, 0.6) is 5.75 Å². The molecular weight excluding hydrogens is 517 g/mol. The Balaban J connectivity index is 1.37. The fraction of sp³-hybridized carbons (Fsp3) is 0.250. The first-order valence-corrected chi connectivity index (χ1v) is 11.1. The van der Waals surface area contributed by atoms with Crippen molar-refractivity contribution in [1.29, 1.82) is 0 Å².